The van der Waals surface area contributed by atoms with Gasteiger partial charge >= 0.3 is 0 Å². The third kappa shape index (κ3) is 3.58. The summed E-state index contributed by atoms with van der Waals surface area (Å²) in [6, 6.07) is 9.56. The third-order valence-corrected chi connectivity index (χ3v) is 5.38. The van der Waals surface area contributed by atoms with Crippen LogP contribution in [0.25, 0.3) is 10.2 Å². The van der Waals surface area contributed by atoms with E-state index in [9.17, 15) is 0 Å². The molecule has 1 heterocycles. The Morgan fingerprint density at radius 3 is 2.65 bits per heavy atom. The lowest BCUT2D eigenvalue weighted by Crippen LogP contribution is -2.19. The number of hydrogen-bond acceptors (Lipinski definition) is 3. The number of rotatable bonds is 2. The molecule has 7 heteroatoms. The van der Waals surface area contributed by atoms with Gasteiger partial charge < -0.3 is 10.6 Å². The average molecular weight is 382 g/mol. The van der Waals surface area contributed by atoms with Gasteiger partial charge in [0.2, 0.25) is 0 Å². The molecular weight excluding hydrogens is 369 g/mol. The van der Waals surface area contributed by atoms with Crippen molar-refractivity contribution >= 4 is 72.9 Å². The molecule has 0 radical (unpaired) electrons. The Morgan fingerprint density at radius 1 is 1.13 bits per heavy atom. The maximum atomic E-state index is 6.14. The largest absolute Gasteiger partial charge is 0.331 e. The fourth-order valence-electron chi connectivity index (χ4n) is 2.08. The molecule has 0 aliphatic heterocycles. The van der Waals surface area contributed by atoms with Gasteiger partial charge in [-0.05, 0) is 61.5 Å². The topological polar surface area (TPSA) is 37.0 Å². The van der Waals surface area contributed by atoms with E-state index in [1.807, 2.05) is 12.1 Å². The van der Waals surface area contributed by atoms with E-state index in [2.05, 4.69) is 41.6 Å². The molecule has 23 heavy (non-hydrogen) atoms. The Kier molecular flexibility index (Phi) is 4.73. The molecule has 0 aliphatic carbocycles. The molecular formula is C16H13Cl2N3S2. The lowest BCUT2D eigenvalue weighted by Gasteiger charge is -2.10. The van der Waals surface area contributed by atoms with Crippen LogP contribution in [0.4, 0.5) is 10.8 Å². The molecule has 118 valence electrons. The van der Waals surface area contributed by atoms with Crippen LogP contribution in [0.15, 0.2) is 30.3 Å². The quantitative estimate of drug-likeness (QED) is 0.531. The molecule has 0 aliphatic rings. The van der Waals surface area contributed by atoms with E-state index in [0.29, 0.717) is 20.8 Å². The van der Waals surface area contributed by atoms with Gasteiger partial charge in [0, 0.05) is 0 Å². The number of thiocarbonyl (C=S) groups is 1. The highest BCUT2D eigenvalue weighted by molar-refractivity contribution is 7.80. The molecule has 0 fully saturated rings. The van der Waals surface area contributed by atoms with E-state index >= 15 is 0 Å². The van der Waals surface area contributed by atoms with E-state index < -0.39 is 0 Å². The van der Waals surface area contributed by atoms with Crippen LogP contribution in [-0.4, -0.2) is 10.1 Å². The van der Waals surface area contributed by atoms with Crippen LogP contribution >= 0.6 is 46.8 Å². The van der Waals surface area contributed by atoms with Crippen LogP contribution in [0, 0.1) is 13.8 Å². The minimum Gasteiger partial charge on any atom is -0.331 e. The van der Waals surface area contributed by atoms with Gasteiger partial charge in [-0.25, -0.2) is 4.98 Å². The predicted octanol–water partition coefficient (Wildman–Crippen LogP) is 6.03. The Hall–Kier alpha value is -1.40. The maximum Gasteiger partial charge on any atom is 0.190 e. The first-order chi connectivity index (χ1) is 10.9. The van der Waals surface area contributed by atoms with Crippen LogP contribution in [0.5, 0.6) is 0 Å². The summed E-state index contributed by atoms with van der Waals surface area (Å²) < 4.78 is 1.12. The molecule has 3 nitrogen and oxygen atoms in total. The number of benzene rings is 2. The van der Waals surface area contributed by atoms with Gasteiger partial charge in [0.1, 0.15) is 0 Å². The average Bonchev–Trinajstić information content (AvgIpc) is 2.85. The van der Waals surface area contributed by atoms with Crippen molar-refractivity contribution in [2.75, 3.05) is 10.6 Å². The Morgan fingerprint density at radius 2 is 1.87 bits per heavy atom. The smallest absolute Gasteiger partial charge is 0.190 e. The van der Waals surface area contributed by atoms with E-state index in [-0.39, 0.29) is 0 Å². The molecule has 0 amide bonds. The first-order valence-corrected chi connectivity index (χ1v) is 8.82. The lowest BCUT2D eigenvalue weighted by molar-refractivity contribution is 1.35. The number of fused-ring (bicyclic) bond motifs is 1. The summed E-state index contributed by atoms with van der Waals surface area (Å²) in [6.45, 7) is 4.17. The first-order valence-electron chi connectivity index (χ1n) is 6.84. The fraction of sp³-hybridized carbons (Fsp3) is 0.125. The van der Waals surface area contributed by atoms with Crippen molar-refractivity contribution < 1.29 is 0 Å². The Balaban J connectivity index is 1.79. The van der Waals surface area contributed by atoms with Crippen LogP contribution < -0.4 is 10.6 Å². The summed E-state index contributed by atoms with van der Waals surface area (Å²) in [7, 11) is 0. The summed E-state index contributed by atoms with van der Waals surface area (Å²) in [5.41, 5.74) is 4.09. The number of nitrogens with zero attached hydrogens (tertiary/aromatic N) is 1. The summed E-state index contributed by atoms with van der Waals surface area (Å²) >= 11 is 19.0. The first kappa shape index (κ1) is 16.5. The number of aromatic nitrogens is 1. The van der Waals surface area contributed by atoms with Crippen LogP contribution in [0.2, 0.25) is 10.0 Å². The summed E-state index contributed by atoms with van der Waals surface area (Å²) in [5.74, 6) is 0. The zero-order valence-electron chi connectivity index (χ0n) is 12.4. The summed E-state index contributed by atoms with van der Waals surface area (Å²) in [5, 5.41) is 8.20. The minimum atomic E-state index is 0.418. The minimum absolute atomic E-state index is 0.418. The van der Waals surface area contributed by atoms with Crippen molar-refractivity contribution in [3.05, 3.63) is 51.5 Å². The fourth-order valence-corrected chi connectivity index (χ4v) is 3.65. The van der Waals surface area contributed by atoms with Crippen molar-refractivity contribution in [2.24, 2.45) is 0 Å². The second-order valence-corrected chi connectivity index (χ2v) is 7.33. The Bertz CT molecular complexity index is 867. The molecule has 0 saturated heterocycles. The number of thiazole rings is 1. The zero-order chi connectivity index (χ0) is 16.6. The van der Waals surface area contributed by atoms with Crippen molar-refractivity contribution in [1.82, 2.24) is 4.98 Å². The molecule has 2 N–H and O–H groups in total. The predicted molar refractivity (Wildman–Crippen MR) is 105 cm³/mol. The monoisotopic (exact) mass is 381 g/mol. The van der Waals surface area contributed by atoms with Crippen LogP contribution in [0.1, 0.15) is 11.1 Å². The van der Waals surface area contributed by atoms with Crippen molar-refractivity contribution in [3.63, 3.8) is 0 Å². The number of anilines is 2. The zero-order valence-corrected chi connectivity index (χ0v) is 15.6. The van der Waals surface area contributed by atoms with Gasteiger partial charge in [0.05, 0.1) is 25.9 Å². The third-order valence-electron chi connectivity index (χ3n) is 3.42. The molecule has 0 spiro atoms. The molecule has 3 rings (SSSR count). The molecule has 3 aromatic rings. The molecule has 2 aromatic carbocycles. The molecule has 0 unspecified atom stereocenters. The lowest BCUT2D eigenvalue weighted by atomic mass is 10.1. The maximum absolute atomic E-state index is 6.14. The standard InChI is InChI=1S/C16H13Cl2N3S2/c1-8-6-12-13(7-9(8)2)23-16(20-12)21-15(22)19-11-5-3-4-10(17)14(11)18/h3-7H,1-2H3,(H2,19,20,21,22). The summed E-state index contributed by atoms with van der Waals surface area (Å²) in [6.07, 6.45) is 0. The molecule has 0 saturated carbocycles. The highest BCUT2D eigenvalue weighted by Crippen LogP contribution is 2.31. The van der Waals surface area contributed by atoms with Crippen molar-refractivity contribution in [1.29, 1.82) is 0 Å². The van der Waals surface area contributed by atoms with Crippen LogP contribution in [-0.2, 0) is 0 Å². The molecule has 1 aromatic heterocycles. The van der Waals surface area contributed by atoms with E-state index in [0.717, 1.165) is 15.3 Å². The van der Waals surface area contributed by atoms with E-state index in [1.165, 1.54) is 11.1 Å². The van der Waals surface area contributed by atoms with Gasteiger partial charge in [-0.2, -0.15) is 0 Å². The molecule has 0 atom stereocenters. The van der Waals surface area contributed by atoms with Crippen molar-refractivity contribution in [3.8, 4) is 0 Å². The Labute approximate surface area is 153 Å². The summed E-state index contributed by atoms with van der Waals surface area (Å²) in [4.78, 5) is 4.56. The normalized spacial score (nSPS) is 10.8. The number of aryl methyl sites for hydroxylation is 2. The van der Waals surface area contributed by atoms with Gasteiger partial charge in [-0.1, -0.05) is 40.6 Å². The SMILES string of the molecule is Cc1cc2nc(NC(=S)Nc3cccc(Cl)c3Cl)sc2cc1C. The van der Waals surface area contributed by atoms with Gasteiger partial charge in [-0.3, -0.25) is 0 Å². The van der Waals surface area contributed by atoms with Gasteiger partial charge in [0.15, 0.2) is 10.2 Å². The molecule has 0 bridgehead atoms. The number of halogens is 2. The van der Waals surface area contributed by atoms with E-state index in [1.54, 1.807) is 17.4 Å². The van der Waals surface area contributed by atoms with Crippen LogP contribution in [0.3, 0.4) is 0 Å². The van der Waals surface area contributed by atoms with Gasteiger partial charge in [-0.15, -0.1) is 0 Å². The highest BCUT2D eigenvalue weighted by Gasteiger charge is 2.09. The highest BCUT2D eigenvalue weighted by atomic mass is 35.5. The number of hydrogen-bond donors (Lipinski definition) is 2. The second kappa shape index (κ2) is 6.61. The second-order valence-electron chi connectivity index (χ2n) is 5.10. The van der Waals surface area contributed by atoms with Crippen molar-refractivity contribution in [2.45, 2.75) is 13.8 Å². The van der Waals surface area contributed by atoms with E-state index in [4.69, 9.17) is 35.4 Å². The number of nitrogens with one attached hydrogen (secondary N) is 2. The van der Waals surface area contributed by atoms with Gasteiger partial charge in [0.25, 0.3) is 0 Å².